The van der Waals surface area contributed by atoms with Gasteiger partial charge in [0.25, 0.3) is 10.2 Å². The molecule has 0 amide bonds. The van der Waals surface area contributed by atoms with Gasteiger partial charge in [-0.2, -0.15) is 21.6 Å². The van der Waals surface area contributed by atoms with Crippen LogP contribution in [-0.2, 0) is 10.2 Å². The van der Waals surface area contributed by atoms with Crippen molar-refractivity contribution in [3.8, 4) is 0 Å². The molecule has 0 unspecified atom stereocenters. The van der Waals surface area contributed by atoms with Crippen molar-refractivity contribution >= 4 is 49.9 Å². The number of nitrogens with zero attached hydrogens (tertiary/aromatic N) is 1. The molecule has 0 saturated carbocycles. The predicted octanol–water partition coefficient (Wildman–Crippen LogP) is 1.66. The van der Waals surface area contributed by atoms with E-state index in [1.165, 1.54) is 0 Å². The Bertz CT molecular complexity index is 758. The van der Waals surface area contributed by atoms with Gasteiger partial charge in [0, 0.05) is 11.2 Å². The van der Waals surface area contributed by atoms with E-state index in [0.717, 1.165) is 11.3 Å². The normalized spacial score (nSPS) is 12.8. The van der Waals surface area contributed by atoms with E-state index in [9.17, 15) is 21.6 Å². The second kappa shape index (κ2) is 5.50. The summed E-state index contributed by atoms with van der Waals surface area (Å²) in [4.78, 5) is 0. The Kier molecular flexibility index (Phi) is 4.23. The molecule has 2 aromatic rings. The van der Waals surface area contributed by atoms with Gasteiger partial charge >= 0.3 is 6.18 Å². The fraction of sp³-hybridized carbons (Fsp3) is 0.273. The number of rotatable bonds is 4. The number of hydrogen-bond donors (Lipinski definition) is 1. The van der Waals surface area contributed by atoms with Gasteiger partial charge in [-0.3, -0.25) is 0 Å². The number of alkyl halides is 3. The average Bonchev–Trinajstić information content (AvgIpc) is 2.65. The van der Waals surface area contributed by atoms with Gasteiger partial charge in [0.05, 0.1) is 6.42 Å². The van der Waals surface area contributed by atoms with Crippen molar-refractivity contribution in [1.82, 2.24) is 0 Å². The van der Waals surface area contributed by atoms with E-state index >= 15 is 0 Å². The number of hydrogen-bond acceptors (Lipinski definition) is 3. The Morgan fingerprint density at radius 2 is 1.90 bits per heavy atom. The molecule has 0 atom stereocenters. The molecular formula is C11H10BF3N2O2S2. The molecule has 1 heterocycles. The monoisotopic (exact) mass is 334 g/mol. The van der Waals surface area contributed by atoms with Crippen molar-refractivity contribution < 1.29 is 21.6 Å². The summed E-state index contributed by atoms with van der Waals surface area (Å²) in [6, 6.07) is 6.78. The first-order valence-electron chi connectivity index (χ1n) is 5.74. The zero-order chi connectivity index (χ0) is 15.8. The van der Waals surface area contributed by atoms with Gasteiger partial charge in [-0.25, -0.2) is 9.44 Å². The molecular weight excluding hydrogens is 324 g/mol. The third-order valence-electron chi connectivity index (χ3n) is 2.75. The number of halogens is 3. The SMILES string of the molecule is [B]c1c(N(CCC(F)(F)F)S(N)(=O)=O)sc2ccccc12. The Morgan fingerprint density at radius 1 is 1.29 bits per heavy atom. The Balaban J connectivity index is 2.47. The molecule has 0 saturated heterocycles. The smallest absolute Gasteiger partial charge is 0.249 e. The summed E-state index contributed by atoms with van der Waals surface area (Å²) in [6.07, 6.45) is -5.80. The maximum absolute atomic E-state index is 12.3. The highest BCUT2D eigenvalue weighted by Gasteiger charge is 2.31. The van der Waals surface area contributed by atoms with Gasteiger partial charge in [0.2, 0.25) is 0 Å². The van der Waals surface area contributed by atoms with Crippen LogP contribution in [0.4, 0.5) is 18.2 Å². The highest BCUT2D eigenvalue weighted by atomic mass is 32.2. The van der Waals surface area contributed by atoms with Gasteiger partial charge in [-0.05, 0) is 11.5 Å². The van der Waals surface area contributed by atoms with E-state index in [0.29, 0.717) is 14.4 Å². The summed E-state index contributed by atoms with van der Waals surface area (Å²) in [5.74, 6) is 0. The molecule has 2 radical (unpaired) electrons. The van der Waals surface area contributed by atoms with Crippen LogP contribution in [0.3, 0.4) is 0 Å². The summed E-state index contributed by atoms with van der Waals surface area (Å²) in [7, 11) is 1.50. The quantitative estimate of drug-likeness (QED) is 0.865. The molecule has 0 aliphatic rings. The van der Waals surface area contributed by atoms with Crippen LogP contribution in [0.25, 0.3) is 10.1 Å². The predicted molar refractivity (Wildman–Crippen MR) is 78.3 cm³/mol. The number of nitrogens with two attached hydrogens (primary N) is 1. The van der Waals surface area contributed by atoms with Crippen LogP contribution in [0.5, 0.6) is 0 Å². The van der Waals surface area contributed by atoms with Crippen LogP contribution in [0.2, 0.25) is 0 Å². The van der Waals surface area contributed by atoms with Gasteiger partial charge in [-0.1, -0.05) is 23.7 Å². The largest absolute Gasteiger partial charge is 0.390 e. The summed E-state index contributed by atoms with van der Waals surface area (Å²) in [5, 5.41) is 5.60. The minimum atomic E-state index is -4.49. The molecule has 2 rings (SSSR count). The molecule has 1 aromatic carbocycles. The van der Waals surface area contributed by atoms with Crippen molar-refractivity contribution in [2.75, 3.05) is 10.8 Å². The summed E-state index contributed by atoms with van der Waals surface area (Å²) >= 11 is 0.984. The third kappa shape index (κ3) is 3.69. The van der Waals surface area contributed by atoms with Crippen LogP contribution in [0.15, 0.2) is 24.3 Å². The topological polar surface area (TPSA) is 63.4 Å². The second-order valence-electron chi connectivity index (χ2n) is 4.30. The lowest BCUT2D eigenvalue weighted by molar-refractivity contribution is -0.131. The van der Waals surface area contributed by atoms with Gasteiger partial charge in [-0.15, -0.1) is 11.3 Å². The minimum absolute atomic E-state index is 0.00273. The highest BCUT2D eigenvalue weighted by molar-refractivity contribution is 7.90. The number of benzene rings is 1. The molecule has 0 bridgehead atoms. The Labute approximate surface area is 124 Å². The van der Waals surface area contributed by atoms with Gasteiger partial charge < -0.3 is 0 Å². The molecule has 0 spiro atoms. The van der Waals surface area contributed by atoms with Crippen molar-refractivity contribution in [1.29, 1.82) is 0 Å². The van der Waals surface area contributed by atoms with Crippen LogP contribution >= 0.6 is 11.3 Å². The van der Waals surface area contributed by atoms with E-state index in [1.54, 1.807) is 24.3 Å². The van der Waals surface area contributed by atoms with Crippen molar-refractivity contribution in [3.05, 3.63) is 24.3 Å². The Hall–Kier alpha value is -1.26. The average molecular weight is 334 g/mol. The molecule has 112 valence electrons. The lowest BCUT2D eigenvalue weighted by atomic mass is 9.94. The highest BCUT2D eigenvalue weighted by Crippen LogP contribution is 2.31. The molecule has 2 N–H and O–H groups in total. The molecule has 0 aliphatic heterocycles. The zero-order valence-corrected chi connectivity index (χ0v) is 12.2. The first kappa shape index (κ1) is 16.1. The molecule has 1 aromatic heterocycles. The van der Waals surface area contributed by atoms with Crippen LogP contribution in [-0.4, -0.2) is 29.0 Å². The van der Waals surface area contributed by atoms with Crippen molar-refractivity contribution in [2.45, 2.75) is 12.6 Å². The van der Waals surface area contributed by atoms with Crippen LogP contribution in [0, 0.1) is 0 Å². The zero-order valence-electron chi connectivity index (χ0n) is 10.6. The minimum Gasteiger partial charge on any atom is -0.249 e. The fourth-order valence-corrected chi connectivity index (χ4v) is 3.97. The molecule has 4 nitrogen and oxygen atoms in total. The van der Waals surface area contributed by atoms with E-state index in [1.807, 2.05) is 0 Å². The Morgan fingerprint density at radius 3 is 2.43 bits per heavy atom. The maximum atomic E-state index is 12.3. The van der Waals surface area contributed by atoms with Crippen molar-refractivity contribution in [3.63, 3.8) is 0 Å². The first-order valence-corrected chi connectivity index (χ1v) is 8.06. The molecule has 0 fully saturated rings. The standard InChI is InChI=1S/C11H10BF3N2O2S2/c12-9-7-3-1-2-4-8(7)20-10(9)17(21(16,18)19)6-5-11(13,14)15/h1-4H,5-6H2,(H2,16,18,19). The maximum Gasteiger partial charge on any atom is 0.390 e. The van der Waals surface area contributed by atoms with E-state index in [2.05, 4.69) is 0 Å². The van der Waals surface area contributed by atoms with Crippen molar-refractivity contribution in [2.24, 2.45) is 5.14 Å². The summed E-state index contributed by atoms with van der Waals surface area (Å²) in [5.41, 5.74) is 0.104. The van der Waals surface area contributed by atoms with Crippen LogP contribution < -0.4 is 14.9 Å². The molecule has 10 heteroatoms. The summed E-state index contributed by atoms with van der Waals surface area (Å²) < 4.78 is 61.3. The number of thiophene rings is 1. The molecule has 21 heavy (non-hydrogen) atoms. The number of anilines is 1. The molecule has 0 aliphatic carbocycles. The second-order valence-corrected chi connectivity index (χ2v) is 6.80. The lowest BCUT2D eigenvalue weighted by Gasteiger charge is -2.21. The van der Waals surface area contributed by atoms with Crippen LogP contribution in [0.1, 0.15) is 6.42 Å². The fourth-order valence-electron chi connectivity index (χ4n) is 1.81. The van der Waals surface area contributed by atoms with Gasteiger partial charge in [0.15, 0.2) is 0 Å². The lowest BCUT2D eigenvalue weighted by Crippen LogP contribution is -2.40. The third-order valence-corrected chi connectivity index (χ3v) is 5.05. The van der Waals surface area contributed by atoms with Gasteiger partial charge in [0.1, 0.15) is 12.8 Å². The van der Waals surface area contributed by atoms with E-state index in [-0.39, 0.29) is 10.5 Å². The first-order chi connectivity index (χ1) is 9.59. The number of fused-ring (bicyclic) bond motifs is 1. The summed E-state index contributed by atoms with van der Waals surface area (Å²) in [6.45, 7) is -0.806. The van der Waals surface area contributed by atoms with E-state index in [4.69, 9.17) is 13.0 Å². The van der Waals surface area contributed by atoms with E-state index < -0.39 is 29.4 Å².